The minimum atomic E-state index is -0.701. The van der Waals surface area contributed by atoms with Crippen LogP contribution in [0.25, 0.3) is 11.3 Å². The number of benzene rings is 2. The fourth-order valence-corrected chi connectivity index (χ4v) is 3.70. The Bertz CT molecular complexity index is 1180. The molecule has 0 saturated carbocycles. The molecule has 0 bridgehead atoms. The van der Waals surface area contributed by atoms with Crippen LogP contribution < -0.4 is 11.2 Å². The van der Waals surface area contributed by atoms with Crippen molar-refractivity contribution in [3.8, 4) is 11.3 Å². The third kappa shape index (κ3) is 4.26. The van der Waals surface area contributed by atoms with Crippen molar-refractivity contribution in [2.24, 2.45) is 16.2 Å². The summed E-state index contributed by atoms with van der Waals surface area (Å²) in [5.74, 6) is 5.15. The standard InChI is InChI=1S/C21H20ClF2N7O/c1-12(28-29-25)21(32)30-8-9-31-18(11-30)27-19(13-2-4-14(23)5-3-13)20(31)26-15-6-7-16(22)17(24)10-15/h2-7,10,12,26H,8-9,11H2,1H3,(H2,25,28)/t12-/m0/s1. The Labute approximate surface area is 187 Å². The Hall–Kier alpha value is -3.53. The lowest BCUT2D eigenvalue weighted by Gasteiger charge is -2.29. The topological polar surface area (TPSA) is 101 Å². The maximum atomic E-state index is 14.0. The number of hydrogen-bond acceptors (Lipinski definition) is 5. The smallest absolute Gasteiger partial charge is 0.249 e. The molecule has 0 unspecified atom stereocenters. The van der Waals surface area contributed by atoms with Crippen LogP contribution in [0.5, 0.6) is 0 Å². The van der Waals surface area contributed by atoms with Crippen molar-refractivity contribution in [1.29, 1.82) is 0 Å². The average Bonchev–Trinajstić information content (AvgIpc) is 3.14. The molecule has 11 heteroatoms. The van der Waals surface area contributed by atoms with Gasteiger partial charge in [-0.15, -0.1) is 0 Å². The maximum absolute atomic E-state index is 14.0. The number of amides is 1. The molecule has 1 atom stereocenters. The highest BCUT2D eigenvalue weighted by Crippen LogP contribution is 2.34. The molecule has 0 saturated heterocycles. The van der Waals surface area contributed by atoms with Crippen molar-refractivity contribution in [2.75, 3.05) is 11.9 Å². The van der Waals surface area contributed by atoms with Gasteiger partial charge in [0.2, 0.25) is 5.91 Å². The van der Waals surface area contributed by atoms with Crippen molar-refractivity contribution in [1.82, 2.24) is 14.5 Å². The number of fused-ring (bicyclic) bond motifs is 1. The molecule has 8 nitrogen and oxygen atoms in total. The average molecular weight is 460 g/mol. The summed E-state index contributed by atoms with van der Waals surface area (Å²) in [4.78, 5) is 19.0. The monoisotopic (exact) mass is 459 g/mol. The van der Waals surface area contributed by atoms with E-state index in [1.807, 2.05) is 4.57 Å². The largest absolute Gasteiger partial charge is 0.340 e. The van der Waals surface area contributed by atoms with Gasteiger partial charge < -0.3 is 20.6 Å². The van der Waals surface area contributed by atoms with Gasteiger partial charge in [-0.3, -0.25) is 4.79 Å². The van der Waals surface area contributed by atoms with Crippen LogP contribution in [0.2, 0.25) is 5.02 Å². The highest BCUT2D eigenvalue weighted by molar-refractivity contribution is 6.30. The summed E-state index contributed by atoms with van der Waals surface area (Å²) in [6.45, 7) is 2.72. The molecule has 1 aromatic heterocycles. The Morgan fingerprint density at radius 2 is 1.97 bits per heavy atom. The zero-order valence-corrected chi connectivity index (χ0v) is 17.9. The van der Waals surface area contributed by atoms with Crippen LogP contribution in [0, 0.1) is 11.6 Å². The summed E-state index contributed by atoms with van der Waals surface area (Å²) in [6.07, 6.45) is 0. The highest BCUT2D eigenvalue weighted by atomic mass is 35.5. The molecule has 3 N–H and O–H groups in total. The molecule has 0 radical (unpaired) electrons. The number of carbonyl (C=O) groups excluding carboxylic acids is 1. The second-order valence-corrected chi connectivity index (χ2v) is 7.71. The van der Waals surface area contributed by atoms with E-state index in [9.17, 15) is 13.6 Å². The van der Waals surface area contributed by atoms with Crippen LogP contribution >= 0.6 is 11.6 Å². The normalized spacial score (nSPS) is 14.4. The summed E-state index contributed by atoms with van der Waals surface area (Å²) in [5.41, 5.74) is 1.71. The van der Waals surface area contributed by atoms with Crippen LogP contribution in [0.3, 0.4) is 0 Å². The summed E-state index contributed by atoms with van der Waals surface area (Å²) in [7, 11) is 0. The van der Waals surface area contributed by atoms with Gasteiger partial charge in [0.1, 0.15) is 35.0 Å². The van der Waals surface area contributed by atoms with Crippen LogP contribution in [0.1, 0.15) is 12.7 Å². The molecular weight excluding hydrogens is 440 g/mol. The molecule has 166 valence electrons. The van der Waals surface area contributed by atoms with Crippen molar-refractivity contribution in [3.05, 3.63) is 64.9 Å². The zero-order chi connectivity index (χ0) is 22.8. The summed E-state index contributed by atoms with van der Waals surface area (Å²) < 4.78 is 29.4. The van der Waals surface area contributed by atoms with Crippen molar-refractivity contribution in [3.63, 3.8) is 0 Å². The van der Waals surface area contributed by atoms with E-state index in [1.54, 1.807) is 30.0 Å². The SMILES string of the molecule is C[C@H](N=NN)C(=O)N1CCn2c(nc(-c3ccc(F)cc3)c2Nc2ccc(Cl)c(F)c2)C1. The Kier molecular flexibility index (Phi) is 6.04. The van der Waals surface area contributed by atoms with Crippen LogP contribution in [-0.2, 0) is 17.9 Å². The molecule has 2 aromatic carbocycles. The molecule has 0 aliphatic carbocycles. The molecule has 1 amide bonds. The van der Waals surface area contributed by atoms with Gasteiger partial charge in [-0.1, -0.05) is 16.8 Å². The van der Waals surface area contributed by atoms with E-state index < -0.39 is 11.9 Å². The Balaban J connectivity index is 1.72. The minimum Gasteiger partial charge on any atom is -0.340 e. The van der Waals surface area contributed by atoms with E-state index in [4.69, 9.17) is 22.4 Å². The van der Waals surface area contributed by atoms with Gasteiger partial charge in [0.25, 0.3) is 0 Å². The first-order chi connectivity index (χ1) is 15.4. The first-order valence-corrected chi connectivity index (χ1v) is 10.2. The second-order valence-electron chi connectivity index (χ2n) is 7.30. The van der Waals surface area contributed by atoms with E-state index in [2.05, 4.69) is 15.7 Å². The molecular formula is C21H20ClF2N7O. The number of carbonyl (C=O) groups is 1. The number of halogens is 3. The molecule has 4 rings (SSSR count). The summed E-state index contributed by atoms with van der Waals surface area (Å²) >= 11 is 5.80. The van der Waals surface area contributed by atoms with E-state index in [0.717, 1.165) is 0 Å². The lowest BCUT2D eigenvalue weighted by molar-refractivity contribution is -0.133. The van der Waals surface area contributed by atoms with Gasteiger partial charge >= 0.3 is 0 Å². The number of rotatable bonds is 5. The third-order valence-corrected chi connectivity index (χ3v) is 5.49. The number of aromatic nitrogens is 2. The first kappa shape index (κ1) is 21.7. The predicted octanol–water partition coefficient (Wildman–Crippen LogP) is 4.28. The van der Waals surface area contributed by atoms with E-state index in [-0.39, 0.29) is 23.3 Å². The number of imidazole rings is 1. The predicted molar refractivity (Wildman–Crippen MR) is 116 cm³/mol. The van der Waals surface area contributed by atoms with Gasteiger partial charge in [0, 0.05) is 24.3 Å². The molecule has 0 spiro atoms. The molecule has 1 aliphatic heterocycles. The van der Waals surface area contributed by atoms with Crippen molar-refractivity contribution >= 4 is 29.0 Å². The third-order valence-electron chi connectivity index (χ3n) is 5.18. The summed E-state index contributed by atoms with van der Waals surface area (Å²) in [5, 5.41) is 10.1. The van der Waals surface area contributed by atoms with Gasteiger partial charge in [-0.25, -0.2) is 13.8 Å². The molecule has 2 heterocycles. The van der Waals surface area contributed by atoms with E-state index in [1.165, 1.54) is 24.3 Å². The Morgan fingerprint density at radius 3 is 2.66 bits per heavy atom. The van der Waals surface area contributed by atoms with Gasteiger partial charge in [0.15, 0.2) is 0 Å². The molecule has 32 heavy (non-hydrogen) atoms. The van der Waals surface area contributed by atoms with Gasteiger partial charge in [-0.05, 0) is 49.4 Å². The highest BCUT2D eigenvalue weighted by Gasteiger charge is 2.29. The lowest BCUT2D eigenvalue weighted by Crippen LogP contribution is -2.42. The Morgan fingerprint density at radius 1 is 1.22 bits per heavy atom. The first-order valence-electron chi connectivity index (χ1n) is 9.83. The second kappa shape index (κ2) is 8.91. The van der Waals surface area contributed by atoms with Gasteiger partial charge in [0.05, 0.1) is 11.6 Å². The zero-order valence-electron chi connectivity index (χ0n) is 17.1. The fraction of sp³-hybridized carbons (Fsp3) is 0.238. The maximum Gasteiger partial charge on any atom is 0.249 e. The summed E-state index contributed by atoms with van der Waals surface area (Å²) in [6, 6.07) is 9.61. The number of nitrogens with one attached hydrogen (secondary N) is 1. The van der Waals surface area contributed by atoms with Crippen LogP contribution in [-0.4, -0.2) is 32.9 Å². The molecule has 0 fully saturated rings. The number of anilines is 2. The van der Waals surface area contributed by atoms with Crippen LogP contribution in [0.4, 0.5) is 20.3 Å². The van der Waals surface area contributed by atoms with Gasteiger partial charge in [-0.2, -0.15) is 5.11 Å². The fourth-order valence-electron chi connectivity index (χ4n) is 3.58. The number of nitrogens with zero attached hydrogens (tertiary/aromatic N) is 5. The lowest BCUT2D eigenvalue weighted by atomic mass is 10.1. The van der Waals surface area contributed by atoms with E-state index in [0.29, 0.717) is 41.7 Å². The minimum absolute atomic E-state index is 0.0162. The quantitative estimate of drug-likeness (QED) is 0.338. The van der Waals surface area contributed by atoms with Crippen LogP contribution in [0.15, 0.2) is 52.8 Å². The number of nitrogens with two attached hydrogens (primary N) is 1. The van der Waals surface area contributed by atoms with Crippen molar-refractivity contribution < 1.29 is 13.6 Å². The van der Waals surface area contributed by atoms with E-state index >= 15 is 0 Å². The molecule has 1 aliphatic rings. The molecule has 3 aromatic rings. The number of hydrogen-bond donors (Lipinski definition) is 2. The van der Waals surface area contributed by atoms with Crippen molar-refractivity contribution in [2.45, 2.75) is 26.1 Å².